The molecule has 2 aromatic rings. The number of nitro benzene ring substituents is 1. The molecule has 1 heterocycles. The molecule has 0 amide bonds. The quantitative estimate of drug-likeness (QED) is 0.420. The van der Waals surface area contributed by atoms with Crippen molar-refractivity contribution >= 4 is 23.2 Å². The summed E-state index contributed by atoms with van der Waals surface area (Å²) < 4.78 is 2.27. The predicted molar refractivity (Wildman–Crippen MR) is 102 cm³/mol. The highest BCUT2D eigenvalue weighted by Crippen LogP contribution is 2.40. The van der Waals surface area contributed by atoms with Gasteiger partial charge >= 0.3 is 0 Å². The van der Waals surface area contributed by atoms with Crippen LogP contribution in [0, 0.1) is 10.1 Å². The average molecular weight is 350 g/mol. The lowest BCUT2D eigenvalue weighted by Gasteiger charge is -2.15. The molecule has 0 atom stereocenters. The Labute approximate surface area is 153 Å². The summed E-state index contributed by atoms with van der Waals surface area (Å²) in [6.07, 6.45) is 4.61. The Kier molecular flexibility index (Phi) is 4.64. The van der Waals surface area contributed by atoms with E-state index in [1.165, 1.54) is 29.4 Å². The van der Waals surface area contributed by atoms with Crippen LogP contribution in [0.4, 0.5) is 11.4 Å². The fourth-order valence-electron chi connectivity index (χ4n) is 3.55. The summed E-state index contributed by atoms with van der Waals surface area (Å²) in [6, 6.07) is 12.1. The topological polar surface area (TPSA) is 66.0 Å². The van der Waals surface area contributed by atoms with Gasteiger partial charge in [0, 0.05) is 41.8 Å². The highest BCUT2D eigenvalue weighted by atomic mass is 16.6. The maximum Gasteiger partial charge on any atom is 0.270 e. The molecule has 3 rings (SSSR count). The zero-order valence-corrected chi connectivity index (χ0v) is 15.2. The minimum absolute atomic E-state index is 0.0753. The lowest BCUT2D eigenvalue weighted by Crippen LogP contribution is -2.27. The molecule has 0 spiro atoms. The van der Waals surface area contributed by atoms with Crippen LogP contribution >= 0.6 is 0 Å². The van der Waals surface area contributed by atoms with Crippen LogP contribution in [-0.2, 0) is 10.5 Å². The molecule has 0 bridgehead atoms. The van der Waals surface area contributed by atoms with E-state index in [2.05, 4.69) is 37.5 Å². The first-order valence-electron chi connectivity index (χ1n) is 8.74. The Morgan fingerprint density at radius 3 is 2.58 bits per heavy atom. The summed E-state index contributed by atoms with van der Waals surface area (Å²) in [7, 11) is 0. The minimum atomic E-state index is -0.483. The molecule has 2 aromatic carbocycles. The molecule has 0 saturated heterocycles. The molecule has 5 nitrogen and oxygen atoms in total. The minimum Gasteiger partial charge on any atom is -0.289 e. The molecular formula is C21H22N2O3+. The summed E-state index contributed by atoms with van der Waals surface area (Å²) >= 11 is 0. The van der Waals surface area contributed by atoms with Crippen LogP contribution in [0.2, 0.25) is 0 Å². The summed E-state index contributed by atoms with van der Waals surface area (Å²) in [5, 5.41) is 23.1. The fourth-order valence-corrected chi connectivity index (χ4v) is 3.55. The molecule has 0 fully saturated rings. The van der Waals surface area contributed by atoms with Gasteiger partial charge in [-0.15, -0.1) is 0 Å². The van der Waals surface area contributed by atoms with E-state index in [0.29, 0.717) is 5.56 Å². The van der Waals surface area contributed by atoms with Crippen LogP contribution in [-0.4, -0.2) is 21.8 Å². The van der Waals surface area contributed by atoms with E-state index in [0.717, 1.165) is 18.7 Å². The van der Waals surface area contributed by atoms with Crippen molar-refractivity contribution in [3.05, 3.63) is 69.8 Å². The summed E-state index contributed by atoms with van der Waals surface area (Å²) in [5.74, 6) is -0.220. The molecule has 0 aromatic heterocycles. The zero-order chi connectivity index (χ0) is 18.9. The smallest absolute Gasteiger partial charge is 0.270 e. The Balaban J connectivity index is 2.08. The van der Waals surface area contributed by atoms with Crippen molar-refractivity contribution in [3.63, 3.8) is 0 Å². The van der Waals surface area contributed by atoms with Gasteiger partial charge in [-0.1, -0.05) is 25.1 Å². The number of non-ortho nitro benzene ring substituents is 1. The Morgan fingerprint density at radius 2 is 1.88 bits per heavy atom. The van der Waals surface area contributed by atoms with Gasteiger partial charge < -0.3 is 0 Å². The molecule has 0 aliphatic carbocycles. The van der Waals surface area contributed by atoms with Gasteiger partial charge in [0.1, 0.15) is 6.54 Å². The maximum atomic E-state index is 12.1. The molecule has 1 aliphatic heterocycles. The van der Waals surface area contributed by atoms with Crippen molar-refractivity contribution in [2.75, 3.05) is 6.54 Å². The maximum absolute atomic E-state index is 12.1. The molecule has 1 aliphatic rings. The van der Waals surface area contributed by atoms with E-state index in [1.807, 2.05) is 18.2 Å². The third-order valence-electron chi connectivity index (χ3n) is 4.87. The summed E-state index contributed by atoms with van der Waals surface area (Å²) in [4.78, 5) is 10.5. The van der Waals surface area contributed by atoms with Gasteiger partial charge in [-0.2, -0.15) is 4.58 Å². The second-order valence-corrected chi connectivity index (χ2v) is 6.99. The van der Waals surface area contributed by atoms with Crippen LogP contribution < -0.4 is 0 Å². The number of nitrogens with zero attached hydrogens (tertiary/aromatic N) is 2. The van der Waals surface area contributed by atoms with Crippen LogP contribution in [0.15, 0.2) is 48.5 Å². The number of rotatable bonds is 5. The largest absolute Gasteiger partial charge is 0.289 e. The van der Waals surface area contributed by atoms with Crippen molar-refractivity contribution < 1.29 is 14.6 Å². The van der Waals surface area contributed by atoms with Crippen LogP contribution in [0.25, 0.3) is 6.08 Å². The lowest BCUT2D eigenvalue weighted by molar-refractivity contribution is -0.437. The Morgan fingerprint density at radius 1 is 1.15 bits per heavy atom. The predicted octanol–water partition coefficient (Wildman–Crippen LogP) is 5.24. The van der Waals surface area contributed by atoms with Crippen molar-refractivity contribution in [1.82, 2.24) is 0 Å². The van der Waals surface area contributed by atoms with Gasteiger partial charge in [-0.3, -0.25) is 15.2 Å². The SMILES string of the molecule is CCC[N+]1=C(/C=C/c2cc([N+](=O)[O-])ccc2[O])C(C)(C)c2ccccc21. The van der Waals surface area contributed by atoms with E-state index in [9.17, 15) is 15.2 Å². The molecular weight excluding hydrogens is 328 g/mol. The van der Waals surface area contributed by atoms with E-state index >= 15 is 0 Å². The molecule has 1 radical (unpaired) electrons. The summed E-state index contributed by atoms with van der Waals surface area (Å²) in [5.41, 5.74) is 3.57. The van der Waals surface area contributed by atoms with Crippen LogP contribution in [0.5, 0.6) is 5.75 Å². The second-order valence-electron chi connectivity index (χ2n) is 6.99. The van der Waals surface area contributed by atoms with Crippen molar-refractivity contribution in [2.45, 2.75) is 32.6 Å². The number of hydrogen-bond donors (Lipinski definition) is 0. The summed E-state index contributed by atoms with van der Waals surface area (Å²) in [6.45, 7) is 7.32. The van der Waals surface area contributed by atoms with Crippen molar-refractivity contribution in [1.29, 1.82) is 0 Å². The standard InChI is InChI=1S/C21H22N2O3/c1-4-13-22-18-8-6-5-7-17(18)21(2,3)20(22)12-9-15-14-16(23(25)26)10-11-19(15)24/h5-12,14H,4,13H2,1-3H3/q+1/b12-9+. The third kappa shape index (κ3) is 3.01. The van der Waals surface area contributed by atoms with Gasteiger partial charge in [-0.25, -0.2) is 0 Å². The monoisotopic (exact) mass is 350 g/mol. The first-order chi connectivity index (χ1) is 12.4. The second kappa shape index (κ2) is 6.75. The van der Waals surface area contributed by atoms with Crippen molar-refractivity contribution in [3.8, 4) is 5.75 Å². The molecule has 0 saturated carbocycles. The average Bonchev–Trinajstić information content (AvgIpc) is 2.82. The molecule has 0 N–H and O–H groups in total. The van der Waals surface area contributed by atoms with Gasteiger partial charge in [0.2, 0.25) is 5.69 Å². The number of fused-ring (bicyclic) bond motifs is 1. The normalized spacial score (nSPS) is 15.5. The van der Waals surface area contributed by atoms with Gasteiger partial charge in [0.15, 0.2) is 11.5 Å². The molecule has 26 heavy (non-hydrogen) atoms. The molecule has 0 unspecified atom stereocenters. The molecule has 5 heteroatoms. The van der Waals surface area contributed by atoms with E-state index in [4.69, 9.17) is 0 Å². The van der Waals surface area contributed by atoms with Gasteiger partial charge in [-0.05, 0) is 26.0 Å². The third-order valence-corrected chi connectivity index (χ3v) is 4.87. The Bertz CT molecular complexity index is 927. The van der Waals surface area contributed by atoms with E-state index < -0.39 is 4.92 Å². The number of allylic oxidation sites excluding steroid dienone is 1. The zero-order valence-electron chi connectivity index (χ0n) is 15.2. The van der Waals surface area contributed by atoms with Crippen LogP contribution in [0.3, 0.4) is 0 Å². The number of benzene rings is 2. The highest BCUT2D eigenvalue weighted by molar-refractivity contribution is 6.05. The van der Waals surface area contributed by atoms with Gasteiger partial charge in [0.05, 0.1) is 10.3 Å². The first kappa shape index (κ1) is 17.9. The Hall–Kier alpha value is -2.95. The van der Waals surface area contributed by atoms with E-state index in [1.54, 1.807) is 6.08 Å². The van der Waals surface area contributed by atoms with Crippen molar-refractivity contribution in [2.24, 2.45) is 0 Å². The van der Waals surface area contributed by atoms with Gasteiger partial charge in [0.25, 0.3) is 5.69 Å². The fraction of sp³-hybridized carbons (Fsp3) is 0.286. The molecule has 133 valence electrons. The first-order valence-corrected chi connectivity index (χ1v) is 8.74. The highest BCUT2D eigenvalue weighted by Gasteiger charge is 2.43. The number of para-hydroxylation sites is 1. The van der Waals surface area contributed by atoms with E-state index in [-0.39, 0.29) is 16.9 Å². The number of nitro groups is 1. The van der Waals surface area contributed by atoms with Crippen LogP contribution in [0.1, 0.15) is 38.3 Å². The lowest BCUT2D eigenvalue weighted by atomic mass is 9.81. The number of hydrogen-bond acceptors (Lipinski definition) is 2.